The number of nitrogens with one attached hydrogen (secondary N) is 1. The van der Waals surface area contributed by atoms with Crippen LogP contribution in [0.15, 0.2) is 0 Å². The highest BCUT2D eigenvalue weighted by atomic mass is 32.1. The van der Waals surface area contributed by atoms with Crippen LogP contribution in [-0.4, -0.2) is 35.5 Å². The van der Waals surface area contributed by atoms with Gasteiger partial charge < -0.3 is 10.2 Å². The third-order valence-electron chi connectivity index (χ3n) is 4.03. The summed E-state index contributed by atoms with van der Waals surface area (Å²) in [6.07, 6.45) is 2.59. The molecule has 0 radical (unpaired) electrons. The van der Waals surface area contributed by atoms with Crippen molar-refractivity contribution in [2.24, 2.45) is 11.8 Å². The fourth-order valence-corrected chi connectivity index (χ4v) is 3.64. The Morgan fingerprint density at radius 2 is 1.94 bits per heavy atom. The van der Waals surface area contributed by atoms with Crippen LogP contribution in [0.2, 0.25) is 0 Å². The first-order valence-corrected chi connectivity index (χ1v) is 6.97. The number of rotatable bonds is 2. The summed E-state index contributed by atoms with van der Waals surface area (Å²) in [4.78, 5) is 7.14. The molecule has 0 aromatic carbocycles. The molecule has 2 unspecified atom stereocenters. The Balaban J connectivity index is 1.52. The van der Waals surface area contributed by atoms with Gasteiger partial charge >= 0.3 is 0 Å². The second-order valence-corrected chi connectivity index (χ2v) is 6.02. The Labute approximate surface area is 99.2 Å². The minimum absolute atomic E-state index is 0.689. The van der Waals surface area contributed by atoms with Crippen molar-refractivity contribution in [1.82, 2.24) is 14.7 Å². The summed E-state index contributed by atoms with van der Waals surface area (Å²) in [6, 6.07) is 0. The predicted molar refractivity (Wildman–Crippen MR) is 63.9 cm³/mol. The van der Waals surface area contributed by atoms with Crippen LogP contribution < -0.4 is 10.2 Å². The number of hydrogen-bond donors (Lipinski definition) is 1. The van der Waals surface area contributed by atoms with Crippen molar-refractivity contribution in [2.75, 3.05) is 31.1 Å². The Hall–Kier alpha value is -0.680. The lowest BCUT2D eigenvalue weighted by Crippen LogP contribution is -2.25. The maximum Gasteiger partial charge on any atom is 0.205 e. The highest BCUT2D eigenvalue weighted by Gasteiger charge is 2.37. The molecule has 16 heavy (non-hydrogen) atoms. The molecular weight excluding hydrogens is 220 g/mol. The van der Waals surface area contributed by atoms with Gasteiger partial charge in [0.05, 0.1) is 0 Å². The van der Waals surface area contributed by atoms with Crippen molar-refractivity contribution in [2.45, 2.75) is 18.8 Å². The Morgan fingerprint density at radius 1 is 1.19 bits per heavy atom. The van der Waals surface area contributed by atoms with Gasteiger partial charge in [-0.2, -0.15) is 4.37 Å². The average molecular weight is 236 g/mol. The van der Waals surface area contributed by atoms with Crippen LogP contribution in [0.5, 0.6) is 0 Å². The lowest BCUT2D eigenvalue weighted by Gasteiger charge is -2.14. The second-order valence-electron chi connectivity index (χ2n) is 5.29. The fraction of sp³-hybridized carbons (Fsp3) is 0.818. The van der Waals surface area contributed by atoms with Gasteiger partial charge in [0.2, 0.25) is 5.13 Å². The lowest BCUT2D eigenvalue weighted by molar-refractivity contribution is 0.533. The minimum atomic E-state index is 0.689. The van der Waals surface area contributed by atoms with E-state index in [1.54, 1.807) is 11.5 Å². The number of hydrogen-bond acceptors (Lipinski definition) is 5. The largest absolute Gasteiger partial charge is 0.346 e. The van der Waals surface area contributed by atoms with Crippen LogP contribution >= 0.6 is 11.5 Å². The van der Waals surface area contributed by atoms with Crippen LogP contribution in [0.25, 0.3) is 0 Å². The summed E-state index contributed by atoms with van der Waals surface area (Å²) in [5, 5.41) is 4.63. The first-order valence-electron chi connectivity index (χ1n) is 6.19. The molecule has 0 amide bonds. The molecule has 1 aliphatic carbocycles. The third-order valence-corrected chi connectivity index (χ3v) is 4.82. The maximum atomic E-state index is 4.69. The smallest absolute Gasteiger partial charge is 0.205 e. The molecule has 4 rings (SSSR count). The average Bonchev–Trinajstić information content (AvgIpc) is 2.75. The van der Waals surface area contributed by atoms with Crippen molar-refractivity contribution in [3.8, 4) is 0 Å². The summed E-state index contributed by atoms with van der Waals surface area (Å²) in [5.74, 6) is 3.48. The summed E-state index contributed by atoms with van der Waals surface area (Å²) in [6.45, 7) is 4.73. The van der Waals surface area contributed by atoms with E-state index in [4.69, 9.17) is 4.98 Å². The molecule has 0 spiro atoms. The van der Waals surface area contributed by atoms with Crippen molar-refractivity contribution in [3.63, 3.8) is 0 Å². The zero-order valence-corrected chi connectivity index (χ0v) is 10.0. The zero-order chi connectivity index (χ0) is 10.5. The van der Waals surface area contributed by atoms with Crippen molar-refractivity contribution < 1.29 is 0 Å². The van der Waals surface area contributed by atoms with E-state index in [-0.39, 0.29) is 0 Å². The molecule has 3 heterocycles. The summed E-state index contributed by atoms with van der Waals surface area (Å²) in [5.41, 5.74) is 0. The van der Waals surface area contributed by atoms with Crippen LogP contribution in [-0.2, 0) is 0 Å². The van der Waals surface area contributed by atoms with E-state index in [1.807, 2.05) is 0 Å². The lowest BCUT2D eigenvalue weighted by atomic mass is 10.0. The molecule has 3 aliphatic rings. The van der Waals surface area contributed by atoms with Crippen LogP contribution in [0.4, 0.5) is 5.13 Å². The van der Waals surface area contributed by atoms with Gasteiger partial charge in [0.1, 0.15) is 5.82 Å². The van der Waals surface area contributed by atoms with E-state index >= 15 is 0 Å². The van der Waals surface area contributed by atoms with Crippen LogP contribution in [0, 0.1) is 11.8 Å². The van der Waals surface area contributed by atoms with Gasteiger partial charge in [-0.1, -0.05) is 0 Å². The Morgan fingerprint density at radius 3 is 2.62 bits per heavy atom. The van der Waals surface area contributed by atoms with Gasteiger partial charge in [-0.05, 0) is 24.7 Å². The predicted octanol–water partition coefficient (Wildman–Crippen LogP) is 1.07. The maximum absolute atomic E-state index is 4.69. The van der Waals surface area contributed by atoms with Gasteiger partial charge in [-0.15, -0.1) is 0 Å². The Kier molecular flexibility index (Phi) is 1.99. The molecule has 5 heteroatoms. The second kappa shape index (κ2) is 3.40. The summed E-state index contributed by atoms with van der Waals surface area (Å²) >= 11 is 1.60. The number of nitrogens with zero attached hydrogens (tertiary/aromatic N) is 3. The van der Waals surface area contributed by atoms with E-state index in [0.717, 1.165) is 22.8 Å². The fourth-order valence-electron chi connectivity index (χ4n) is 2.87. The molecule has 4 nitrogen and oxygen atoms in total. The van der Waals surface area contributed by atoms with Crippen molar-refractivity contribution >= 4 is 16.7 Å². The Bertz CT molecular complexity index is 388. The molecule has 2 saturated heterocycles. The first-order chi connectivity index (χ1) is 7.90. The van der Waals surface area contributed by atoms with E-state index in [2.05, 4.69) is 14.6 Å². The molecular formula is C11H16N4S. The monoisotopic (exact) mass is 236 g/mol. The zero-order valence-electron chi connectivity index (χ0n) is 9.22. The quantitative estimate of drug-likeness (QED) is 0.834. The number of aromatic nitrogens is 2. The van der Waals surface area contributed by atoms with Crippen molar-refractivity contribution in [1.29, 1.82) is 0 Å². The van der Waals surface area contributed by atoms with Gasteiger partial charge in [-0.25, -0.2) is 4.98 Å². The van der Waals surface area contributed by atoms with Crippen LogP contribution in [0.3, 0.4) is 0 Å². The standard InChI is InChI=1S/C11H16N4S/c1-2-7(1)10-13-11(16-14-10)15-5-8-3-12-4-9(8)6-15/h7-9,12H,1-6H2. The first kappa shape index (κ1) is 9.36. The molecule has 1 saturated carbocycles. The minimum Gasteiger partial charge on any atom is -0.346 e. The molecule has 2 atom stereocenters. The molecule has 1 aromatic heterocycles. The van der Waals surface area contributed by atoms with E-state index in [1.165, 1.54) is 39.0 Å². The number of fused-ring (bicyclic) bond motifs is 1. The molecule has 2 aliphatic heterocycles. The van der Waals surface area contributed by atoms with Gasteiger partial charge in [0.15, 0.2) is 0 Å². The summed E-state index contributed by atoms with van der Waals surface area (Å²) in [7, 11) is 0. The molecule has 1 N–H and O–H groups in total. The normalized spacial score (nSPS) is 33.4. The molecule has 3 fully saturated rings. The highest BCUT2D eigenvalue weighted by Crippen LogP contribution is 2.40. The van der Waals surface area contributed by atoms with E-state index in [0.29, 0.717) is 5.92 Å². The SMILES string of the molecule is C1CC1c1nsc(N2CC3CNCC3C2)n1. The number of anilines is 1. The molecule has 1 aromatic rings. The highest BCUT2D eigenvalue weighted by molar-refractivity contribution is 7.09. The summed E-state index contributed by atoms with van der Waals surface area (Å²) < 4.78 is 4.49. The van der Waals surface area contributed by atoms with E-state index in [9.17, 15) is 0 Å². The topological polar surface area (TPSA) is 41.1 Å². The third kappa shape index (κ3) is 1.45. The molecule has 0 bridgehead atoms. The molecule has 86 valence electrons. The van der Waals surface area contributed by atoms with Crippen molar-refractivity contribution in [3.05, 3.63) is 5.82 Å². The van der Waals surface area contributed by atoms with Gasteiger partial charge in [0.25, 0.3) is 0 Å². The van der Waals surface area contributed by atoms with Gasteiger partial charge in [0, 0.05) is 43.6 Å². The van der Waals surface area contributed by atoms with Gasteiger partial charge in [-0.3, -0.25) is 0 Å². The van der Waals surface area contributed by atoms with E-state index < -0.39 is 0 Å². The van der Waals surface area contributed by atoms with Crippen LogP contribution in [0.1, 0.15) is 24.6 Å².